The lowest BCUT2D eigenvalue weighted by Crippen LogP contribution is -2.00. The highest BCUT2D eigenvalue weighted by Crippen LogP contribution is 2.25. The summed E-state index contributed by atoms with van der Waals surface area (Å²) in [5.74, 6) is 1.13. The van der Waals surface area contributed by atoms with Crippen LogP contribution >= 0.6 is 15.9 Å². The van der Waals surface area contributed by atoms with E-state index in [1.165, 1.54) is 30.1 Å². The summed E-state index contributed by atoms with van der Waals surface area (Å²) in [6.07, 6.45) is 3.83. The highest BCUT2D eigenvalue weighted by atomic mass is 79.9. The van der Waals surface area contributed by atoms with Gasteiger partial charge in [0.05, 0.1) is 4.92 Å². The van der Waals surface area contributed by atoms with Crippen molar-refractivity contribution in [3.05, 3.63) is 92.6 Å². The second-order valence-corrected chi connectivity index (χ2v) is 7.65. The Bertz CT molecular complexity index is 1320. The smallest absolute Gasteiger partial charge is 0.318 e. The van der Waals surface area contributed by atoms with Gasteiger partial charge in [-0.3, -0.25) is 19.6 Å². The fraction of sp³-hybridized carbons (Fsp3) is 0.0909. The first-order valence-corrected chi connectivity index (χ1v) is 9.99. The molecular weight excluding hydrogens is 466 g/mol. The van der Waals surface area contributed by atoms with E-state index in [2.05, 4.69) is 21.0 Å². The maximum absolute atomic E-state index is 12.3. The van der Waals surface area contributed by atoms with Crippen molar-refractivity contribution in [3.63, 3.8) is 0 Å². The van der Waals surface area contributed by atoms with Gasteiger partial charge < -0.3 is 9.15 Å². The lowest BCUT2D eigenvalue weighted by molar-refractivity contribution is -0.385. The number of carbonyl (C=O) groups is 1. The van der Waals surface area contributed by atoms with Crippen molar-refractivity contribution in [2.75, 3.05) is 0 Å². The van der Waals surface area contributed by atoms with Crippen LogP contribution < -0.4 is 4.74 Å². The molecule has 0 bridgehead atoms. The molecule has 0 aliphatic heterocycles. The lowest BCUT2D eigenvalue weighted by atomic mass is 10.1. The van der Waals surface area contributed by atoms with E-state index in [1.54, 1.807) is 12.1 Å². The number of halogens is 1. The molecule has 4 aromatic rings. The first-order chi connectivity index (χ1) is 14.9. The summed E-state index contributed by atoms with van der Waals surface area (Å²) in [5, 5.41) is 17.1. The molecule has 2 aromatic heterocycles. The molecule has 31 heavy (non-hydrogen) atoms. The molecule has 0 atom stereocenters. The number of aromatic nitrogens is 2. The third kappa shape index (κ3) is 4.72. The van der Waals surface area contributed by atoms with Gasteiger partial charge in [-0.05, 0) is 59.3 Å². The molecule has 9 heteroatoms. The zero-order valence-corrected chi connectivity index (χ0v) is 17.9. The average molecular weight is 482 g/mol. The Morgan fingerprint density at radius 3 is 2.81 bits per heavy atom. The van der Waals surface area contributed by atoms with Gasteiger partial charge in [0.15, 0.2) is 0 Å². The number of hydrogen-bond acceptors (Lipinski definition) is 6. The summed E-state index contributed by atoms with van der Waals surface area (Å²) >= 11 is 3.46. The molecule has 156 valence electrons. The maximum atomic E-state index is 12.3. The van der Waals surface area contributed by atoms with Gasteiger partial charge in [0.2, 0.25) is 11.5 Å². The lowest BCUT2D eigenvalue weighted by Gasteiger charge is -2.06. The molecule has 0 N–H and O–H groups in total. The topological polar surface area (TPSA) is 100 Å². The number of ether oxygens (including phenoxy) is 1. The number of rotatable bonds is 7. The van der Waals surface area contributed by atoms with E-state index >= 15 is 0 Å². The monoisotopic (exact) mass is 481 g/mol. The Labute approximate surface area is 185 Å². The maximum Gasteiger partial charge on any atom is 0.318 e. The van der Waals surface area contributed by atoms with Gasteiger partial charge in [0.25, 0.3) is 0 Å². The molecule has 8 nitrogen and oxygen atoms in total. The van der Waals surface area contributed by atoms with Crippen LogP contribution in [0.5, 0.6) is 5.75 Å². The Balaban J connectivity index is 1.41. The fourth-order valence-corrected chi connectivity index (χ4v) is 3.40. The number of aryl methyl sites for hydroxylation is 1. The van der Waals surface area contributed by atoms with Crippen LogP contribution in [0.1, 0.15) is 22.0 Å². The first-order valence-electron chi connectivity index (χ1n) is 9.20. The molecule has 4 rings (SSSR count). The van der Waals surface area contributed by atoms with E-state index in [4.69, 9.17) is 9.15 Å². The van der Waals surface area contributed by atoms with Crippen LogP contribution in [0, 0.1) is 10.1 Å². The quantitative estimate of drug-likeness (QED) is 0.153. The predicted molar refractivity (Wildman–Crippen MR) is 118 cm³/mol. The van der Waals surface area contributed by atoms with Crippen LogP contribution in [0.15, 0.2) is 69.7 Å². The van der Waals surface area contributed by atoms with E-state index in [0.29, 0.717) is 17.3 Å². The number of hydrogen-bond donors (Lipinski definition) is 0. The highest BCUT2D eigenvalue weighted by molar-refractivity contribution is 9.10. The van der Waals surface area contributed by atoms with Gasteiger partial charge >= 0.3 is 5.69 Å². The molecule has 0 saturated carbocycles. The van der Waals surface area contributed by atoms with Crippen molar-refractivity contribution in [3.8, 4) is 5.75 Å². The van der Waals surface area contributed by atoms with Crippen molar-refractivity contribution in [1.29, 1.82) is 0 Å². The van der Waals surface area contributed by atoms with Gasteiger partial charge in [-0.15, -0.1) is 0 Å². The van der Waals surface area contributed by atoms with E-state index in [9.17, 15) is 14.9 Å². The summed E-state index contributed by atoms with van der Waals surface area (Å²) in [6.45, 7) is 0.218. The molecule has 0 aliphatic rings. The summed E-state index contributed by atoms with van der Waals surface area (Å²) in [6, 6.07) is 15.3. The zero-order chi connectivity index (χ0) is 22.0. The van der Waals surface area contributed by atoms with E-state index < -0.39 is 10.7 Å². The van der Waals surface area contributed by atoms with Crippen molar-refractivity contribution in [2.45, 2.75) is 6.61 Å². The van der Waals surface area contributed by atoms with Crippen LogP contribution in [-0.4, -0.2) is 20.5 Å². The highest BCUT2D eigenvalue weighted by Gasteiger charge is 2.23. The number of allylic oxidation sites excluding steroid dienone is 1. The van der Waals surface area contributed by atoms with Gasteiger partial charge in [-0.1, -0.05) is 28.1 Å². The Kier molecular flexibility index (Phi) is 5.68. The Morgan fingerprint density at radius 1 is 1.23 bits per heavy atom. The second-order valence-electron chi connectivity index (χ2n) is 6.74. The van der Waals surface area contributed by atoms with Crippen LogP contribution in [0.4, 0.5) is 5.69 Å². The summed E-state index contributed by atoms with van der Waals surface area (Å²) < 4.78 is 13.7. The van der Waals surface area contributed by atoms with Gasteiger partial charge in [0.1, 0.15) is 30.1 Å². The minimum Gasteiger partial charge on any atom is -0.486 e. The van der Waals surface area contributed by atoms with Gasteiger partial charge in [0, 0.05) is 11.5 Å². The molecule has 0 radical (unpaired) electrons. The van der Waals surface area contributed by atoms with Crippen molar-refractivity contribution < 1.29 is 18.9 Å². The molecule has 0 aliphatic carbocycles. The van der Waals surface area contributed by atoms with Crippen molar-refractivity contribution in [1.82, 2.24) is 9.78 Å². The van der Waals surface area contributed by atoms with Crippen molar-refractivity contribution in [2.24, 2.45) is 7.05 Å². The first kappa shape index (κ1) is 20.5. The average Bonchev–Trinajstić information content (AvgIpc) is 3.37. The van der Waals surface area contributed by atoms with Gasteiger partial charge in [-0.25, -0.2) is 0 Å². The predicted octanol–water partition coefficient (Wildman–Crippen LogP) is 5.31. The third-order valence-electron chi connectivity index (χ3n) is 4.48. The summed E-state index contributed by atoms with van der Waals surface area (Å²) in [5.41, 5.74) is -0.560. The molecule has 0 unspecified atom stereocenters. The van der Waals surface area contributed by atoms with Crippen LogP contribution in [0.3, 0.4) is 0 Å². The Hall–Kier alpha value is -3.72. The number of fused-ring (bicyclic) bond motifs is 1. The number of furan rings is 1. The minimum absolute atomic E-state index is 0.218. The third-order valence-corrected chi connectivity index (χ3v) is 4.97. The molecule has 2 heterocycles. The second kappa shape index (κ2) is 8.57. The van der Waals surface area contributed by atoms with Gasteiger partial charge in [-0.2, -0.15) is 5.10 Å². The molecule has 0 saturated heterocycles. The molecule has 0 amide bonds. The number of carbonyl (C=O) groups excluding carboxylic acids is 1. The number of benzene rings is 2. The summed E-state index contributed by atoms with van der Waals surface area (Å²) in [7, 11) is 1.51. The number of ketones is 1. The number of nitrogens with zero attached hydrogens (tertiary/aromatic N) is 3. The largest absolute Gasteiger partial charge is 0.486 e. The SMILES string of the molecule is Cn1cc([N+](=O)[O-])c(C(=O)/C=C/c2ccc(COc3ccc4cc(Br)ccc4c3)o2)n1. The molecule has 0 spiro atoms. The Morgan fingerprint density at radius 2 is 2.00 bits per heavy atom. The molecule has 2 aromatic carbocycles. The molecule has 0 fully saturated rings. The normalized spacial score (nSPS) is 11.3. The van der Waals surface area contributed by atoms with E-state index in [0.717, 1.165) is 15.2 Å². The molecular formula is C22H16BrN3O5. The minimum atomic E-state index is -0.637. The van der Waals surface area contributed by atoms with E-state index in [-0.39, 0.29) is 18.0 Å². The van der Waals surface area contributed by atoms with Crippen LogP contribution in [0.2, 0.25) is 0 Å². The van der Waals surface area contributed by atoms with Crippen LogP contribution in [-0.2, 0) is 13.7 Å². The standard InChI is InChI=1S/C22H16BrN3O5/c1-25-12-20(26(28)29)22(24-25)21(27)9-8-17-6-7-19(31-17)13-30-18-5-3-14-10-16(23)4-2-15(14)11-18/h2-12H,13H2,1H3/b9-8+. The zero-order valence-electron chi connectivity index (χ0n) is 16.3. The van der Waals surface area contributed by atoms with Crippen molar-refractivity contribution >= 4 is 44.2 Å². The number of nitro groups is 1. The van der Waals surface area contributed by atoms with Crippen LogP contribution in [0.25, 0.3) is 16.8 Å². The summed E-state index contributed by atoms with van der Waals surface area (Å²) in [4.78, 5) is 22.7. The fourth-order valence-electron chi connectivity index (χ4n) is 3.02. The van der Waals surface area contributed by atoms with E-state index in [1.807, 2.05) is 36.4 Å².